The second-order valence-corrected chi connectivity index (χ2v) is 12.4. The van der Waals surface area contributed by atoms with E-state index in [2.05, 4.69) is 25.8 Å². The van der Waals surface area contributed by atoms with Gasteiger partial charge in [0.05, 0.1) is 22.7 Å². The van der Waals surface area contributed by atoms with Crippen LogP contribution in [0.25, 0.3) is 0 Å². The maximum absolute atomic E-state index is 13.4. The van der Waals surface area contributed by atoms with Gasteiger partial charge in [-0.2, -0.15) is 0 Å². The van der Waals surface area contributed by atoms with Crippen LogP contribution in [0.3, 0.4) is 0 Å². The van der Waals surface area contributed by atoms with Crippen molar-refractivity contribution in [3.8, 4) is 0 Å². The highest BCUT2D eigenvalue weighted by Crippen LogP contribution is 2.40. The molecule has 2 aliphatic rings. The van der Waals surface area contributed by atoms with Crippen molar-refractivity contribution in [2.75, 3.05) is 24.6 Å². The number of benzene rings is 1. The fourth-order valence-corrected chi connectivity index (χ4v) is 8.14. The number of hydrogen-bond acceptors (Lipinski definition) is 7. The zero-order valence-corrected chi connectivity index (χ0v) is 22.2. The number of esters is 1. The van der Waals surface area contributed by atoms with E-state index < -0.39 is 32.9 Å². The monoisotopic (exact) mass is 562 g/mol. The Bertz CT molecular complexity index is 1150. The fourth-order valence-electron chi connectivity index (χ4n) is 5.37. The average Bonchev–Trinajstić information content (AvgIpc) is 2.86. The summed E-state index contributed by atoms with van der Waals surface area (Å²) in [6.45, 7) is 3.67. The molecule has 1 saturated carbocycles. The Balaban J connectivity index is 1.48. The fraction of sp³-hybridized carbons (Fsp3) is 0.500. The van der Waals surface area contributed by atoms with Gasteiger partial charge in [0.1, 0.15) is 5.78 Å². The van der Waals surface area contributed by atoms with E-state index in [1.54, 1.807) is 37.5 Å². The molecule has 9 heteroatoms. The number of anilines is 1. The first-order valence-corrected chi connectivity index (χ1v) is 14.5. The Morgan fingerprint density at radius 2 is 1.83 bits per heavy atom. The molecule has 3 atom stereocenters. The second kappa shape index (κ2) is 11.2. The highest BCUT2D eigenvalue weighted by atomic mass is 79.9. The number of aromatic nitrogens is 1. The molecule has 0 bridgehead atoms. The summed E-state index contributed by atoms with van der Waals surface area (Å²) >= 11 is 3.32. The number of rotatable bonds is 7. The quantitative estimate of drug-likeness (QED) is 0.460. The van der Waals surface area contributed by atoms with E-state index in [0.29, 0.717) is 16.8 Å². The highest BCUT2D eigenvalue weighted by molar-refractivity contribution is 9.10. The number of nitrogens with zero attached hydrogens (tertiary/aromatic N) is 2. The lowest BCUT2D eigenvalue weighted by molar-refractivity contribution is -0.154. The molecule has 1 aliphatic heterocycles. The summed E-state index contributed by atoms with van der Waals surface area (Å²) in [5.74, 6) is -1.55. The third kappa shape index (κ3) is 5.77. The molecular weight excluding hydrogens is 532 g/mol. The number of piperidine rings is 1. The molecule has 2 fully saturated rings. The molecular formula is C26H31BrN2O5S. The number of ketones is 1. The van der Waals surface area contributed by atoms with Gasteiger partial charge in [-0.3, -0.25) is 14.6 Å². The molecule has 0 spiro atoms. The topological polar surface area (TPSA) is 93.6 Å². The van der Waals surface area contributed by atoms with E-state index in [0.717, 1.165) is 31.6 Å². The van der Waals surface area contributed by atoms with Crippen LogP contribution < -0.4 is 4.90 Å². The summed E-state index contributed by atoms with van der Waals surface area (Å²) in [6.07, 6.45) is 6.03. The molecule has 1 aliphatic carbocycles. The molecule has 7 nitrogen and oxygen atoms in total. The molecule has 35 heavy (non-hydrogen) atoms. The number of pyridine rings is 1. The Hall–Kier alpha value is -2.26. The minimum Gasteiger partial charge on any atom is -0.466 e. The van der Waals surface area contributed by atoms with E-state index in [4.69, 9.17) is 4.74 Å². The third-order valence-electron chi connectivity index (χ3n) is 7.25. The van der Waals surface area contributed by atoms with Gasteiger partial charge in [0, 0.05) is 48.0 Å². The van der Waals surface area contributed by atoms with E-state index in [1.165, 1.54) is 6.07 Å². The van der Waals surface area contributed by atoms with E-state index in [-0.39, 0.29) is 30.1 Å². The minimum absolute atomic E-state index is 0.0693. The zero-order valence-electron chi connectivity index (χ0n) is 19.8. The molecule has 188 valence electrons. The lowest BCUT2D eigenvalue weighted by Crippen LogP contribution is -2.44. The summed E-state index contributed by atoms with van der Waals surface area (Å²) in [7, 11) is -3.79. The van der Waals surface area contributed by atoms with Crippen LogP contribution in [-0.2, 0) is 24.2 Å². The van der Waals surface area contributed by atoms with Crippen molar-refractivity contribution < 1.29 is 22.7 Å². The summed E-state index contributed by atoms with van der Waals surface area (Å²) in [4.78, 5) is 32.8. The number of hydrogen-bond donors (Lipinski definition) is 0. The van der Waals surface area contributed by atoms with Crippen LogP contribution in [0.2, 0.25) is 0 Å². The Morgan fingerprint density at radius 3 is 2.49 bits per heavy atom. The molecule has 1 aromatic heterocycles. The van der Waals surface area contributed by atoms with E-state index in [1.807, 2.05) is 12.1 Å². The molecule has 2 heterocycles. The highest BCUT2D eigenvalue weighted by Gasteiger charge is 2.47. The molecule has 2 aromatic rings. The van der Waals surface area contributed by atoms with E-state index in [9.17, 15) is 18.0 Å². The first-order valence-electron chi connectivity index (χ1n) is 12.1. The zero-order chi connectivity index (χ0) is 25.0. The lowest BCUT2D eigenvalue weighted by atomic mass is 9.72. The molecule has 0 amide bonds. The minimum atomic E-state index is -3.79. The van der Waals surface area contributed by atoms with Gasteiger partial charge in [0.2, 0.25) is 0 Å². The molecule has 0 N–H and O–H groups in total. The maximum atomic E-state index is 13.4. The molecule has 0 radical (unpaired) electrons. The maximum Gasteiger partial charge on any atom is 0.309 e. The van der Waals surface area contributed by atoms with Crippen LogP contribution in [0, 0.1) is 17.8 Å². The summed E-state index contributed by atoms with van der Waals surface area (Å²) in [6, 6.07) is 10.6. The predicted octanol–water partition coefficient (Wildman–Crippen LogP) is 4.45. The van der Waals surface area contributed by atoms with Gasteiger partial charge < -0.3 is 9.64 Å². The van der Waals surface area contributed by atoms with Gasteiger partial charge in [-0.1, -0.05) is 12.1 Å². The average molecular weight is 564 g/mol. The first-order chi connectivity index (χ1) is 16.8. The Labute approximate surface area is 215 Å². The summed E-state index contributed by atoms with van der Waals surface area (Å²) in [5.41, 5.74) is 1.14. The summed E-state index contributed by atoms with van der Waals surface area (Å²) < 4.78 is 32.6. The second-order valence-electron chi connectivity index (χ2n) is 9.34. The van der Waals surface area contributed by atoms with Crippen LogP contribution in [0.5, 0.6) is 0 Å². The SMILES string of the molecule is CCOC(=O)[C@H]1CC(S(=O)(=O)c2ccccc2Br)CC(=O)C1CC1CCN(c2ccncc2)CC1. The molecule has 1 saturated heterocycles. The lowest BCUT2D eigenvalue weighted by Gasteiger charge is -2.38. The van der Waals surface area contributed by atoms with Crippen molar-refractivity contribution in [3.05, 3.63) is 53.3 Å². The van der Waals surface area contributed by atoms with Crippen molar-refractivity contribution >= 4 is 43.2 Å². The Kier molecular flexibility index (Phi) is 8.27. The van der Waals surface area contributed by atoms with Gasteiger partial charge in [-0.05, 0) is 78.7 Å². The number of Topliss-reactive ketones (excluding diaryl/α,β-unsaturated/α-hetero) is 1. The van der Waals surface area contributed by atoms with Crippen LogP contribution in [-0.4, -0.2) is 50.1 Å². The van der Waals surface area contributed by atoms with Gasteiger partial charge in [-0.15, -0.1) is 0 Å². The normalized spacial score (nSPS) is 23.8. The van der Waals surface area contributed by atoms with Crippen LogP contribution in [0.4, 0.5) is 5.69 Å². The summed E-state index contributed by atoms with van der Waals surface area (Å²) in [5, 5.41) is -0.937. The van der Waals surface area contributed by atoms with Crippen molar-refractivity contribution in [2.45, 2.75) is 49.2 Å². The Morgan fingerprint density at radius 1 is 1.14 bits per heavy atom. The van der Waals surface area contributed by atoms with Crippen LogP contribution in [0.15, 0.2) is 58.2 Å². The number of sulfone groups is 1. The van der Waals surface area contributed by atoms with Crippen LogP contribution in [0.1, 0.15) is 39.0 Å². The van der Waals surface area contributed by atoms with Crippen molar-refractivity contribution in [1.29, 1.82) is 0 Å². The van der Waals surface area contributed by atoms with Crippen molar-refractivity contribution in [1.82, 2.24) is 4.98 Å². The van der Waals surface area contributed by atoms with Gasteiger partial charge >= 0.3 is 5.97 Å². The first kappa shape index (κ1) is 25.8. The van der Waals surface area contributed by atoms with Crippen LogP contribution >= 0.6 is 15.9 Å². The number of carbonyl (C=O) groups is 2. The van der Waals surface area contributed by atoms with E-state index >= 15 is 0 Å². The van der Waals surface area contributed by atoms with Crippen molar-refractivity contribution in [3.63, 3.8) is 0 Å². The standard InChI is InChI=1S/C26H31BrN2O5S/c1-2-34-26(31)22-16-20(35(32,33)25-6-4-3-5-23(25)27)17-24(30)21(22)15-18-9-13-29(14-10-18)19-7-11-28-12-8-19/h3-8,11-12,18,20-22H,2,9-10,13-17H2,1H3/t20?,21?,22-/m0/s1. The third-order valence-corrected chi connectivity index (χ3v) is 10.4. The number of carbonyl (C=O) groups excluding carboxylic acids is 2. The van der Waals surface area contributed by atoms with Crippen molar-refractivity contribution in [2.24, 2.45) is 17.8 Å². The molecule has 4 rings (SSSR count). The number of halogens is 1. The molecule has 1 aromatic carbocycles. The number of ether oxygens (including phenoxy) is 1. The predicted molar refractivity (Wildman–Crippen MR) is 137 cm³/mol. The smallest absolute Gasteiger partial charge is 0.309 e. The molecule has 2 unspecified atom stereocenters. The van der Waals surface area contributed by atoms with Gasteiger partial charge in [0.15, 0.2) is 9.84 Å². The van der Waals surface area contributed by atoms with Gasteiger partial charge in [-0.25, -0.2) is 8.42 Å². The largest absolute Gasteiger partial charge is 0.466 e. The van der Waals surface area contributed by atoms with Gasteiger partial charge in [0.25, 0.3) is 0 Å².